The highest BCUT2D eigenvalue weighted by molar-refractivity contribution is 6.35. The monoisotopic (exact) mass is 272 g/mol. The van der Waals surface area contributed by atoms with E-state index in [0.29, 0.717) is 15.6 Å². The summed E-state index contributed by atoms with van der Waals surface area (Å²) >= 11 is 11.8. The molecule has 0 unspecified atom stereocenters. The first-order valence-electron chi connectivity index (χ1n) is 6.08. The fourth-order valence-electron chi connectivity index (χ4n) is 2.04. The summed E-state index contributed by atoms with van der Waals surface area (Å²) in [7, 11) is 0. The third-order valence-electron chi connectivity index (χ3n) is 2.79. The Hall–Kier alpha value is -0.530. The summed E-state index contributed by atoms with van der Waals surface area (Å²) in [5, 5.41) is 1.04. The molecule has 3 heteroatoms. The van der Waals surface area contributed by atoms with Crippen LogP contribution in [0.2, 0.25) is 10.0 Å². The molecule has 1 rings (SSSR count). The van der Waals surface area contributed by atoms with Gasteiger partial charge in [0, 0.05) is 21.5 Å². The van der Waals surface area contributed by atoms with E-state index in [1.54, 1.807) is 18.2 Å². The number of halogens is 2. The van der Waals surface area contributed by atoms with Crippen molar-refractivity contribution in [3.05, 3.63) is 33.8 Å². The van der Waals surface area contributed by atoms with Crippen molar-refractivity contribution < 1.29 is 4.79 Å². The van der Waals surface area contributed by atoms with Gasteiger partial charge >= 0.3 is 0 Å². The van der Waals surface area contributed by atoms with Crippen LogP contribution in [0.25, 0.3) is 0 Å². The van der Waals surface area contributed by atoms with E-state index in [9.17, 15) is 4.79 Å². The lowest BCUT2D eigenvalue weighted by Crippen LogP contribution is -2.14. The molecular formula is C14H18Cl2O. The van der Waals surface area contributed by atoms with Crippen molar-refractivity contribution in [3.63, 3.8) is 0 Å². The summed E-state index contributed by atoms with van der Waals surface area (Å²) < 4.78 is 0. The molecule has 0 atom stereocenters. The zero-order valence-electron chi connectivity index (χ0n) is 10.3. The van der Waals surface area contributed by atoms with Crippen LogP contribution in [0.4, 0.5) is 0 Å². The summed E-state index contributed by atoms with van der Waals surface area (Å²) in [6, 6.07) is 5.05. The van der Waals surface area contributed by atoms with Gasteiger partial charge in [0.15, 0.2) is 5.78 Å². The maximum absolute atomic E-state index is 12.3. The second-order valence-electron chi connectivity index (χ2n) is 4.30. The zero-order chi connectivity index (χ0) is 12.8. The van der Waals surface area contributed by atoms with E-state index in [2.05, 4.69) is 13.8 Å². The predicted molar refractivity (Wildman–Crippen MR) is 74.1 cm³/mol. The quantitative estimate of drug-likeness (QED) is 0.635. The van der Waals surface area contributed by atoms with Crippen LogP contribution in [0.1, 0.15) is 49.9 Å². The highest BCUT2D eigenvalue weighted by Gasteiger charge is 2.19. The van der Waals surface area contributed by atoms with Gasteiger partial charge in [-0.1, -0.05) is 49.9 Å². The van der Waals surface area contributed by atoms with Gasteiger partial charge < -0.3 is 0 Å². The molecule has 0 heterocycles. The van der Waals surface area contributed by atoms with Crippen LogP contribution in [0.3, 0.4) is 0 Å². The average molecular weight is 273 g/mol. The van der Waals surface area contributed by atoms with E-state index in [-0.39, 0.29) is 11.7 Å². The van der Waals surface area contributed by atoms with Crippen LogP contribution in [0.15, 0.2) is 18.2 Å². The average Bonchev–Trinajstić information content (AvgIpc) is 2.26. The third kappa shape index (κ3) is 4.33. The molecule has 0 radical (unpaired) electrons. The Kier molecular flexibility index (Phi) is 6.01. The van der Waals surface area contributed by atoms with Gasteiger partial charge in [0.25, 0.3) is 0 Å². The molecule has 0 spiro atoms. The highest BCUT2D eigenvalue weighted by Crippen LogP contribution is 2.24. The minimum atomic E-state index is 0.0968. The number of hydrogen-bond acceptors (Lipinski definition) is 1. The molecule has 0 N–H and O–H groups in total. The van der Waals surface area contributed by atoms with E-state index in [1.165, 1.54) is 0 Å². The van der Waals surface area contributed by atoms with Gasteiger partial charge in [-0.15, -0.1) is 0 Å². The fraction of sp³-hybridized carbons (Fsp3) is 0.500. The molecule has 1 aromatic rings. The number of rotatable bonds is 6. The lowest BCUT2D eigenvalue weighted by molar-refractivity contribution is 0.0905. The van der Waals surface area contributed by atoms with Crippen LogP contribution in [-0.2, 0) is 0 Å². The molecule has 0 aliphatic heterocycles. The maximum Gasteiger partial charge on any atom is 0.166 e. The molecule has 0 amide bonds. The highest BCUT2D eigenvalue weighted by atomic mass is 35.5. The van der Waals surface area contributed by atoms with Crippen molar-refractivity contribution in [2.45, 2.75) is 39.5 Å². The van der Waals surface area contributed by atoms with Crippen molar-refractivity contribution in [3.8, 4) is 0 Å². The molecule has 1 nitrogen and oxygen atoms in total. The number of hydrogen-bond donors (Lipinski definition) is 0. The number of carbonyl (C=O) groups is 1. The van der Waals surface area contributed by atoms with Gasteiger partial charge in [-0.25, -0.2) is 0 Å². The van der Waals surface area contributed by atoms with Gasteiger partial charge in [-0.3, -0.25) is 4.79 Å². The molecule has 17 heavy (non-hydrogen) atoms. The fourth-order valence-corrected chi connectivity index (χ4v) is 2.56. The summed E-state index contributed by atoms with van der Waals surface area (Å²) in [5.41, 5.74) is 0.634. The minimum Gasteiger partial charge on any atom is -0.294 e. The van der Waals surface area contributed by atoms with E-state index >= 15 is 0 Å². The number of ketones is 1. The lowest BCUT2D eigenvalue weighted by atomic mass is 9.90. The molecule has 0 aliphatic carbocycles. The predicted octanol–water partition coefficient (Wildman–Crippen LogP) is 5.39. The number of Topliss-reactive ketones (excluding diaryl/α,β-unsaturated/α-hetero) is 1. The second kappa shape index (κ2) is 7.03. The normalized spacial score (nSPS) is 10.9. The molecule has 1 aromatic carbocycles. The molecular weight excluding hydrogens is 255 g/mol. The van der Waals surface area contributed by atoms with E-state index in [1.807, 2.05) is 0 Å². The van der Waals surface area contributed by atoms with Crippen LogP contribution in [-0.4, -0.2) is 5.78 Å². The Morgan fingerprint density at radius 2 is 1.53 bits per heavy atom. The van der Waals surface area contributed by atoms with Crippen molar-refractivity contribution in [2.24, 2.45) is 5.92 Å². The molecule has 0 saturated carbocycles. The Balaban J connectivity index is 2.92. The molecule has 0 aromatic heterocycles. The molecule has 0 fully saturated rings. The first-order valence-corrected chi connectivity index (χ1v) is 6.84. The van der Waals surface area contributed by atoms with Gasteiger partial charge in [-0.2, -0.15) is 0 Å². The molecule has 0 saturated heterocycles. The first-order chi connectivity index (χ1) is 8.08. The Bertz CT molecular complexity index is 362. The van der Waals surface area contributed by atoms with Crippen molar-refractivity contribution in [1.29, 1.82) is 0 Å². The van der Waals surface area contributed by atoms with Crippen LogP contribution < -0.4 is 0 Å². The van der Waals surface area contributed by atoms with Crippen LogP contribution in [0.5, 0.6) is 0 Å². The summed E-state index contributed by atoms with van der Waals surface area (Å²) in [6.07, 6.45) is 3.89. The van der Waals surface area contributed by atoms with Crippen molar-refractivity contribution >= 4 is 29.0 Å². The van der Waals surface area contributed by atoms with E-state index < -0.39 is 0 Å². The van der Waals surface area contributed by atoms with E-state index in [4.69, 9.17) is 23.2 Å². The van der Waals surface area contributed by atoms with Crippen LogP contribution >= 0.6 is 23.2 Å². The Morgan fingerprint density at radius 1 is 1.06 bits per heavy atom. The summed E-state index contributed by atoms with van der Waals surface area (Å²) in [5.74, 6) is 0.262. The summed E-state index contributed by atoms with van der Waals surface area (Å²) in [4.78, 5) is 12.3. The second-order valence-corrected chi connectivity index (χ2v) is 5.17. The minimum absolute atomic E-state index is 0.0968. The van der Waals surface area contributed by atoms with Gasteiger partial charge in [-0.05, 0) is 31.0 Å². The lowest BCUT2D eigenvalue weighted by Gasteiger charge is -2.14. The number of benzene rings is 1. The SMILES string of the molecule is CCCC(CCC)C(=O)c1cc(Cl)cc(Cl)c1. The Labute approximate surface area is 113 Å². The zero-order valence-corrected chi connectivity index (χ0v) is 11.8. The topological polar surface area (TPSA) is 17.1 Å². The number of carbonyl (C=O) groups excluding carboxylic acids is 1. The Morgan fingerprint density at radius 3 is 1.94 bits per heavy atom. The van der Waals surface area contributed by atoms with Gasteiger partial charge in [0.1, 0.15) is 0 Å². The largest absolute Gasteiger partial charge is 0.294 e. The summed E-state index contributed by atoms with van der Waals surface area (Å²) in [6.45, 7) is 4.20. The first kappa shape index (κ1) is 14.5. The maximum atomic E-state index is 12.3. The molecule has 94 valence electrons. The van der Waals surface area contributed by atoms with E-state index in [0.717, 1.165) is 25.7 Å². The molecule has 0 aliphatic rings. The molecule has 0 bridgehead atoms. The van der Waals surface area contributed by atoms with Crippen molar-refractivity contribution in [2.75, 3.05) is 0 Å². The van der Waals surface area contributed by atoms with Crippen molar-refractivity contribution in [1.82, 2.24) is 0 Å². The standard InChI is InChI=1S/C14H18Cl2O/c1-3-5-10(6-4-2)14(17)11-7-12(15)9-13(16)8-11/h7-10H,3-6H2,1-2H3. The third-order valence-corrected chi connectivity index (χ3v) is 3.23. The smallest absolute Gasteiger partial charge is 0.166 e. The van der Waals surface area contributed by atoms with Gasteiger partial charge in [0.2, 0.25) is 0 Å². The van der Waals surface area contributed by atoms with Crippen LogP contribution in [0, 0.1) is 5.92 Å². The van der Waals surface area contributed by atoms with Gasteiger partial charge in [0.05, 0.1) is 0 Å².